The van der Waals surface area contributed by atoms with E-state index in [9.17, 15) is 24.5 Å². The van der Waals surface area contributed by atoms with E-state index in [0.717, 1.165) is 17.0 Å². The number of hydrogen-bond donors (Lipinski definition) is 1. The fraction of sp³-hybridized carbons (Fsp3) is 0.0769. The van der Waals surface area contributed by atoms with Gasteiger partial charge in [-0.15, -0.1) is 11.3 Å². The number of carbonyl (C=O) groups is 3. The minimum absolute atomic E-state index is 0.0441. The van der Waals surface area contributed by atoms with Crippen molar-refractivity contribution in [3.63, 3.8) is 0 Å². The van der Waals surface area contributed by atoms with Crippen LogP contribution in [0.25, 0.3) is 0 Å². The molecule has 3 amide bonds. The third kappa shape index (κ3) is 2.66. The Labute approximate surface area is 132 Å². The van der Waals surface area contributed by atoms with Gasteiger partial charge in [-0.1, -0.05) is 0 Å². The Morgan fingerprint density at radius 2 is 2.04 bits per heavy atom. The second-order valence-corrected chi connectivity index (χ2v) is 5.46. The largest absolute Gasteiger partial charge is 0.300 e. The smallest absolute Gasteiger partial charge is 0.270 e. The third-order valence-corrected chi connectivity index (χ3v) is 3.83. The van der Waals surface area contributed by atoms with Crippen LogP contribution < -0.4 is 5.32 Å². The van der Waals surface area contributed by atoms with Gasteiger partial charge < -0.3 is 5.32 Å². The van der Waals surface area contributed by atoms with Gasteiger partial charge >= 0.3 is 0 Å². The number of carbonyl (C=O) groups excluding carboxylic acids is 3. The summed E-state index contributed by atoms with van der Waals surface area (Å²) >= 11 is 1.20. The molecule has 2 aromatic rings. The summed E-state index contributed by atoms with van der Waals surface area (Å²) in [5, 5.41) is 15.2. The van der Waals surface area contributed by atoms with Crippen LogP contribution in [0, 0.1) is 10.1 Å². The Morgan fingerprint density at radius 1 is 1.30 bits per heavy atom. The van der Waals surface area contributed by atoms with E-state index in [0.29, 0.717) is 5.13 Å². The van der Waals surface area contributed by atoms with Gasteiger partial charge in [0.25, 0.3) is 17.5 Å². The molecule has 116 valence electrons. The maximum atomic E-state index is 12.2. The van der Waals surface area contributed by atoms with E-state index in [1.165, 1.54) is 23.6 Å². The minimum Gasteiger partial charge on any atom is -0.300 e. The van der Waals surface area contributed by atoms with Crippen molar-refractivity contribution in [1.82, 2.24) is 9.88 Å². The van der Waals surface area contributed by atoms with Gasteiger partial charge in [-0.05, 0) is 6.07 Å². The van der Waals surface area contributed by atoms with Crippen LogP contribution in [0.4, 0.5) is 10.8 Å². The molecule has 0 bridgehead atoms. The van der Waals surface area contributed by atoms with Crippen LogP contribution >= 0.6 is 11.3 Å². The topological polar surface area (TPSA) is 123 Å². The normalized spacial score (nSPS) is 13.1. The Morgan fingerprint density at radius 3 is 2.70 bits per heavy atom. The average molecular weight is 332 g/mol. The van der Waals surface area contributed by atoms with E-state index in [1.807, 2.05) is 0 Å². The summed E-state index contributed by atoms with van der Waals surface area (Å²) in [4.78, 5) is 51.0. The van der Waals surface area contributed by atoms with Gasteiger partial charge in [-0.25, -0.2) is 4.98 Å². The van der Waals surface area contributed by atoms with E-state index in [4.69, 9.17) is 0 Å². The Hall–Kier alpha value is -3.14. The second kappa shape index (κ2) is 5.57. The van der Waals surface area contributed by atoms with Gasteiger partial charge in [-0.3, -0.25) is 29.4 Å². The molecule has 0 unspecified atom stereocenters. The fourth-order valence-electron chi connectivity index (χ4n) is 2.12. The predicted molar refractivity (Wildman–Crippen MR) is 79.2 cm³/mol. The molecule has 0 radical (unpaired) electrons. The Kier molecular flexibility index (Phi) is 3.58. The quantitative estimate of drug-likeness (QED) is 0.511. The molecular formula is C13H8N4O5S. The number of benzene rings is 1. The highest BCUT2D eigenvalue weighted by atomic mass is 32.1. The van der Waals surface area contributed by atoms with Gasteiger partial charge in [0.1, 0.15) is 6.54 Å². The van der Waals surface area contributed by atoms with Gasteiger partial charge in [0.05, 0.1) is 16.1 Å². The van der Waals surface area contributed by atoms with Crippen molar-refractivity contribution in [3.8, 4) is 0 Å². The molecule has 3 rings (SSSR count). The number of amides is 3. The van der Waals surface area contributed by atoms with E-state index >= 15 is 0 Å². The summed E-state index contributed by atoms with van der Waals surface area (Å²) in [5.74, 6) is -1.97. The molecule has 1 aromatic heterocycles. The van der Waals surface area contributed by atoms with Crippen molar-refractivity contribution >= 4 is 39.9 Å². The summed E-state index contributed by atoms with van der Waals surface area (Å²) in [6, 6.07) is 3.39. The summed E-state index contributed by atoms with van der Waals surface area (Å²) in [6.45, 7) is -0.486. The highest BCUT2D eigenvalue weighted by Crippen LogP contribution is 2.26. The Bertz CT molecular complexity index is 833. The highest BCUT2D eigenvalue weighted by Gasteiger charge is 2.37. The number of fused-ring (bicyclic) bond motifs is 1. The van der Waals surface area contributed by atoms with Crippen molar-refractivity contribution in [2.75, 3.05) is 11.9 Å². The summed E-state index contributed by atoms with van der Waals surface area (Å²) in [6.07, 6.45) is 1.50. The van der Waals surface area contributed by atoms with Crippen LogP contribution in [-0.4, -0.2) is 39.1 Å². The number of non-ortho nitro benzene ring substituents is 1. The van der Waals surface area contributed by atoms with E-state index in [2.05, 4.69) is 10.3 Å². The first-order chi connectivity index (χ1) is 11.0. The maximum Gasteiger partial charge on any atom is 0.270 e. The molecule has 1 aliphatic rings. The first kappa shape index (κ1) is 14.8. The number of nitrogens with zero attached hydrogens (tertiary/aromatic N) is 3. The lowest BCUT2D eigenvalue weighted by Gasteiger charge is -2.12. The molecule has 0 spiro atoms. The summed E-state index contributed by atoms with van der Waals surface area (Å²) in [7, 11) is 0. The molecule has 2 heterocycles. The summed E-state index contributed by atoms with van der Waals surface area (Å²) in [5.41, 5.74) is -0.326. The first-order valence-corrected chi connectivity index (χ1v) is 7.19. The third-order valence-electron chi connectivity index (χ3n) is 3.15. The number of nitrogens with one attached hydrogen (secondary N) is 1. The zero-order chi connectivity index (χ0) is 16.6. The molecule has 1 aliphatic heterocycles. The first-order valence-electron chi connectivity index (χ1n) is 6.31. The fourth-order valence-corrected chi connectivity index (χ4v) is 2.67. The maximum absolute atomic E-state index is 12.2. The average Bonchev–Trinajstić information content (AvgIpc) is 3.10. The van der Waals surface area contributed by atoms with Crippen LogP contribution in [-0.2, 0) is 4.79 Å². The monoisotopic (exact) mass is 332 g/mol. The molecule has 1 N–H and O–H groups in total. The lowest BCUT2D eigenvalue weighted by atomic mass is 10.1. The van der Waals surface area contributed by atoms with Crippen LogP contribution in [0.15, 0.2) is 29.8 Å². The molecule has 23 heavy (non-hydrogen) atoms. The van der Waals surface area contributed by atoms with Crippen LogP contribution in [0.1, 0.15) is 20.7 Å². The zero-order valence-corrected chi connectivity index (χ0v) is 12.2. The van der Waals surface area contributed by atoms with E-state index in [1.54, 1.807) is 5.38 Å². The van der Waals surface area contributed by atoms with Crippen molar-refractivity contribution in [2.45, 2.75) is 0 Å². The van der Waals surface area contributed by atoms with Crippen molar-refractivity contribution in [1.29, 1.82) is 0 Å². The lowest BCUT2D eigenvalue weighted by Crippen LogP contribution is -2.37. The van der Waals surface area contributed by atoms with Crippen LogP contribution in [0.5, 0.6) is 0 Å². The molecule has 0 fully saturated rings. The zero-order valence-electron chi connectivity index (χ0n) is 11.4. The van der Waals surface area contributed by atoms with Crippen LogP contribution in [0.2, 0.25) is 0 Å². The Balaban J connectivity index is 1.80. The molecule has 0 atom stereocenters. The van der Waals surface area contributed by atoms with Crippen molar-refractivity contribution in [3.05, 3.63) is 51.0 Å². The van der Waals surface area contributed by atoms with Gasteiger partial charge in [0.2, 0.25) is 5.91 Å². The second-order valence-electron chi connectivity index (χ2n) is 4.57. The predicted octanol–water partition coefficient (Wildman–Crippen LogP) is 1.29. The van der Waals surface area contributed by atoms with Gasteiger partial charge in [-0.2, -0.15) is 0 Å². The van der Waals surface area contributed by atoms with Gasteiger partial charge in [0.15, 0.2) is 5.13 Å². The molecular weight excluding hydrogens is 324 g/mol. The van der Waals surface area contributed by atoms with E-state index < -0.39 is 29.2 Å². The van der Waals surface area contributed by atoms with Gasteiger partial charge in [0, 0.05) is 23.7 Å². The summed E-state index contributed by atoms with van der Waals surface area (Å²) < 4.78 is 0. The molecule has 1 aromatic carbocycles. The van der Waals surface area contributed by atoms with E-state index in [-0.39, 0.29) is 16.8 Å². The highest BCUT2D eigenvalue weighted by molar-refractivity contribution is 7.13. The molecule has 9 nitrogen and oxygen atoms in total. The molecule has 0 aliphatic carbocycles. The van der Waals surface area contributed by atoms with Crippen molar-refractivity contribution < 1.29 is 19.3 Å². The number of nitro groups is 1. The van der Waals surface area contributed by atoms with Crippen molar-refractivity contribution in [2.24, 2.45) is 0 Å². The number of aromatic nitrogens is 1. The molecule has 0 saturated heterocycles. The number of hydrogen-bond acceptors (Lipinski definition) is 7. The SMILES string of the molecule is O=C(CN1C(=O)c2ccc([N+](=O)[O-])cc2C1=O)Nc1nccs1. The number of rotatable bonds is 4. The minimum atomic E-state index is -0.733. The number of imide groups is 1. The number of anilines is 1. The van der Waals surface area contributed by atoms with Crippen LogP contribution in [0.3, 0.4) is 0 Å². The standard InChI is InChI=1S/C13H8N4O5S/c18-10(15-13-14-3-4-23-13)6-16-11(19)8-2-1-7(17(21)22)5-9(8)12(16)20/h1-5H,6H2,(H,14,15,18). The number of nitro benzene ring substituents is 1. The number of thiazole rings is 1. The molecule has 10 heteroatoms. The lowest BCUT2D eigenvalue weighted by molar-refractivity contribution is -0.384. The molecule has 0 saturated carbocycles.